The first-order valence-electron chi connectivity index (χ1n) is 9.64. The van der Waals surface area contributed by atoms with E-state index in [1.54, 1.807) is 24.3 Å². The fourth-order valence-electron chi connectivity index (χ4n) is 3.61. The van der Waals surface area contributed by atoms with E-state index in [0.29, 0.717) is 31.1 Å². The number of phenols is 1. The molecule has 29 heavy (non-hydrogen) atoms. The molecule has 0 aliphatic carbocycles. The first-order chi connectivity index (χ1) is 14.0. The largest absolute Gasteiger partial charge is 0.508 e. The average Bonchev–Trinajstić information content (AvgIpc) is 2.84. The topological polar surface area (TPSA) is 115 Å². The summed E-state index contributed by atoms with van der Waals surface area (Å²) in [6.07, 6.45) is 0.829. The van der Waals surface area contributed by atoms with Gasteiger partial charge in [-0.3, -0.25) is 9.11 Å². The van der Waals surface area contributed by atoms with Gasteiger partial charge >= 0.3 is 0 Å². The molecule has 0 saturated heterocycles. The highest BCUT2D eigenvalue weighted by Crippen LogP contribution is 2.51. The van der Waals surface area contributed by atoms with Gasteiger partial charge in [-0.15, -0.1) is 0 Å². The third-order valence-electron chi connectivity index (χ3n) is 5.13. The molecule has 0 spiro atoms. The Morgan fingerprint density at radius 3 is 2.79 bits per heavy atom. The summed E-state index contributed by atoms with van der Waals surface area (Å²) < 4.78 is 21.2. The van der Waals surface area contributed by atoms with Crippen molar-refractivity contribution in [2.45, 2.75) is 17.9 Å². The van der Waals surface area contributed by atoms with E-state index in [1.165, 1.54) is 0 Å². The number of benzene rings is 2. The van der Waals surface area contributed by atoms with Gasteiger partial charge in [-0.1, -0.05) is 18.2 Å². The zero-order chi connectivity index (χ0) is 20.4. The van der Waals surface area contributed by atoms with Crippen molar-refractivity contribution in [3.8, 4) is 5.75 Å². The molecule has 1 aliphatic rings. The molecule has 1 aromatic heterocycles. The average molecular weight is 415 g/mol. The summed E-state index contributed by atoms with van der Waals surface area (Å²) in [5, 5.41) is 14.1. The van der Waals surface area contributed by atoms with Gasteiger partial charge in [-0.2, -0.15) is 10.6 Å². The van der Waals surface area contributed by atoms with Gasteiger partial charge in [0.1, 0.15) is 11.6 Å². The number of nitrogens with one attached hydrogen (secondary N) is 1. The van der Waals surface area contributed by atoms with Crippen LogP contribution in [0, 0.1) is 0 Å². The molecule has 6 N–H and O–H groups in total. The highest BCUT2D eigenvalue weighted by Gasteiger charge is 2.26. The molecular formula is C21H26N4O3S. The number of rotatable bonds is 5. The van der Waals surface area contributed by atoms with Crippen LogP contribution in [0.4, 0.5) is 11.5 Å². The number of fused-ring (bicyclic) bond motifs is 2. The van der Waals surface area contributed by atoms with E-state index in [0.717, 1.165) is 34.4 Å². The Kier molecular flexibility index (Phi) is 5.51. The first-order valence-corrected chi connectivity index (χ1v) is 11.4. The number of nitrogens with two attached hydrogens (primary N) is 1. The van der Waals surface area contributed by atoms with Gasteiger partial charge in [-0.05, 0) is 42.8 Å². The maximum atomic E-state index is 10.6. The molecule has 0 saturated carbocycles. The zero-order valence-electron chi connectivity index (χ0n) is 16.1. The van der Waals surface area contributed by atoms with Crippen molar-refractivity contribution < 1.29 is 14.2 Å². The number of nitrogens with zero attached hydrogens (tertiary/aromatic N) is 2. The fraction of sp³-hybridized carbons (Fsp3) is 0.286. The second kappa shape index (κ2) is 8.08. The lowest BCUT2D eigenvalue weighted by Crippen LogP contribution is -2.26. The maximum absolute atomic E-state index is 10.6. The minimum absolute atomic E-state index is 0.187. The van der Waals surface area contributed by atoms with Gasteiger partial charge in [0.25, 0.3) is 0 Å². The molecule has 4 rings (SSSR count). The standard InChI is InChI=1S/C21H26N4O3S/c22-8-3-9-23-19-13-21(24-18-7-6-16(26)12-17(18)19)25-10-11-29(27,28)20-5-2-1-4-15(20)14-25/h1-2,4-7,12-13,26-28H,3,8-11,14,22H2,(H,23,24). The molecule has 7 nitrogen and oxygen atoms in total. The molecule has 2 aromatic carbocycles. The number of pyridine rings is 1. The molecule has 0 amide bonds. The second-order valence-corrected chi connectivity index (χ2v) is 9.38. The summed E-state index contributed by atoms with van der Waals surface area (Å²) in [4.78, 5) is 7.48. The first kappa shape index (κ1) is 19.8. The van der Waals surface area contributed by atoms with Crippen molar-refractivity contribution in [3.05, 3.63) is 54.1 Å². The van der Waals surface area contributed by atoms with Crippen LogP contribution < -0.4 is 16.0 Å². The number of phenolic OH excluding ortho intramolecular Hbond substituents is 1. The van der Waals surface area contributed by atoms with Crippen molar-refractivity contribution in [1.82, 2.24) is 4.98 Å². The zero-order valence-corrected chi connectivity index (χ0v) is 16.9. The van der Waals surface area contributed by atoms with Gasteiger partial charge < -0.3 is 21.1 Å². The van der Waals surface area contributed by atoms with Crippen LogP contribution in [0.25, 0.3) is 10.9 Å². The van der Waals surface area contributed by atoms with Crippen LogP contribution in [0.5, 0.6) is 5.75 Å². The lowest BCUT2D eigenvalue weighted by Gasteiger charge is -2.32. The SMILES string of the molecule is NCCCNc1cc(N2CCS(O)(O)c3ccccc3C2)nc2ccc(O)cc12. The Bertz CT molecular complexity index is 1030. The Balaban J connectivity index is 1.74. The van der Waals surface area contributed by atoms with Gasteiger partial charge in [0.15, 0.2) is 0 Å². The van der Waals surface area contributed by atoms with E-state index in [-0.39, 0.29) is 11.5 Å². The number of anilines is 2. The van der Waals surface area contributed by atoms with Crippen molar-refractivity contribution >= 4 is 33.0 Å². The van der Waals surface area contributed by atoms with Crippen LogP contribution in [0.15, 0.2) is 53.4 Å². The van der Waals surface area contributed by atoms with E-state index in [2.05, 4.69) is 10.2 Å². The van der Waals surface area contributed by atoms with Crippen LogP contribution in [0.1, 0.15) is 12.0 Å². The summed E-state index contributed by atoms with van der Waals surface area (Å²) in [5.41, 5.74) is 8.15. The lowest BCUT2D eigenvalue weighted by molar-refractivity contribution is 0.476. The van der Waals surface area contributed by atoms with Crippen LogP contribution in [-0.4, -0.2) is 44.6 Å². The summed E-state index contributed by atoms with van der Waals surface area (Å²) in [6, 6.07) is 14.5. The summed E-state index contributed by atoms with van der Waals surface area (Å²) in [7, 11) is -2.83. The van der Waals surface area contributed by atoms with Gasteiger partial charge in [0, 0.05) is 36.8 Å². The minimum Gasteiger partial charge on any atom is -0.508 e. The summed E-state index contributed by atoms with van der Waals surface area (Å²) in [5.74, 6) is 1.20. The monoisotopic (exact) mass is 414 g/mol. The van der Waals surface area contributed by atoms with Crippen molar-refractivity contribution in [3.63, 3.8) is 0 Å². The van der Waals surface area contributed by atoms with E-state index in [1.807, 2.05) is 24.3 Å². The molecule has 154 valence electrons. The van der Waals surface area contributed by atoms with Crippen molar-refractivity contribution in [2.24, 2.45) is 5.73 Å². The number of aromatic nitrogens is 1. The highest BCUT2D eigenvalue weighted by molar-refractivity contribution is 8.24. The van der Waals surface area contributed by atoms with E-state index < -0.39 is 10.6 Å². The van der Waals surface area contributed by atoms with Crippen LogP contribution in [-0.2, 0) is 6.54 Å². The highest BCUT2D eigenvalue weighted by atomic mass is 32.3. The van der Waals surface area contributed by atoms with Gasteiger partial charge in [0.05, 0.1) is 16.2 Å². The van der Waals surface area contributed by atoms with Crippen LogP contribution in [0.2, 0.25) is 0 Å². The lowest BCUT2D eigenvalue weighted by atomic mass is 10.1. The maximum Gasteiger partial charge on any atom is 0.131 e. The fourth-order valence-corrected chi connectivity index (χ4v) is 5.16. The Hall–Kier alpha value is -2.52. The molecule has 0 radical (unpaired) electrons. The molecule has 8 heteroatoms. The van der Waals surface area contributed by atoms with Crippen molar-refractivity contribution in [2.75, 3.05) is 35.6 Å². The molecule has 1 aliphatic heterocycles. The molecular weight excluding hydrogens is 388 g/mol. The predicted molar refractivity (Wildman–Crippen MR) is 119 cm³/mol. The summed E-state index contributed by atoms with van der Waals surface area (Å²) >= 11 is 0. The Morgan fingerprint density at radius 2 is 1.97 bits per heavy atom. The summed E-state index contributed by atoms with van der Waals surface area (Å²) in [6.45, 7) is 2.34. The molecule has 0 atom stereocenters. The quantitative estimate of drug-likeness (QED) is 0.403. The second-order valence-electron chi connectivity index (χ2n) is 7.20. The normalized spacial score (nSPS) is 16.9. The number of hydrogen-bond acceptors (Lipinski definition) is 7. The molecule has 3 aromatic rings. The molecule has 2 heterocycles. The Labute approximate surface area is 171 Å². The third kappa shape index (κ3) is 4.11. The molecule has 0 fully saturated rings. The van der Waals surface area contributed by atoms with Gasteiger partial charge in [-0.25, -0.2) is 4.98 Å². The van der Waals surface area contributed by atoms with Crippen molar-refractivity contribution in [1.29, 1.82) is 0 Å². The van der Waals surface area contributed by atoms with Crippen LogP contribution >= 0.6 is 10.6 Å². The number of hydrogen-bond donors (Lipinski definition) is 5. The predicted octanol–water partition coefficient (Wildman–Crippen LogP) is 3.83. The van der Waals surface area contributed by atoms with E-state index in [4.69, 9.17) is 10.7 Å². The number of aromatic hydroxyl groups is 1. The molecule has 0 unspecified atom stereocenters. The Morgan fingerprint density at radius 1 is 1.14 bits per heavy atom. The van der Waals surface area contributed by atoms with E-state index in [9.17, 15) is 14.2 Å². The molecule has 0 bridgehead atoms. The van der Waals surface area contributed by atoms with Crippen LogP contribution in [0.3, 0.4) is 0 Å². The van der Waals surface area contributed by atoms with E-state index >= 15 is 0 Å². The smallest absolute Gasteiger partial charge is 0.131 e. The minimum atomic E-state index is -2.83. The van der Waals surface area contributed by atoms with Gasteiger partial charge in [0.2, 0.25) is 0 Å². The third-order valence-corrected chi connectivity index (χ3v) is 6.99.